The highest BCUT2D eigenvalue weighted by Crippen LogP contribution is 2.02. The van der Waals surface area contributed by atoms with Gasteiger partial charge in [-0.1, -0.05) is 19.9 Å². The molecule has 0 aliphatic carbocycles. The molecule has 0 atom stereocenters. The number of hydrogen-bond acceptors (Lipinski definition) is 4. The molecule has 2 rings (SSSR count). The van der Waals surface area contributed by atoms with Gasteiger partial charge in [-0.25, -0.2) is 0 Å². The van der Waals surface area contributed by atoms with Crippen molar-refractivity contribution in [3.63, 3.8) is 0 Å². The van der Waals surface area contributed by atoms with E-state index >= 15 is 0 Å². The molecular formula is C18H30N6O. The molecule has 138 valence electrons. The van der Waals surface area contributed by atoms with Crippen LogP contribution in [0.4, 0.5) is 0 Å². The van der Waals surface area contributed by atoms with Gasteiger partial charge in [0, 0.05) is 32.3 Å². The minimum absolute atomic E-state index is 0.651. The number of fused-ring (bicyclic) bond motifs is 1. The minimum Gasteiger partial charge on any atom is -0.380 e. The van der Waals surface area contributed by atoms with Crippen LogP contribution in [0.15, 0.2) is 29.4 Å². The zero-order valence-corrected chi connectivity index (χ0v) is 15.5. The number of guanidine groups is 1. The Morgan fingerprint density at radius 1 is 1.24 bits per heavy atom. The van der Waals surface area contributed by atoms with E-state index in [-0.39, 0.29) is 0 Å². The van der Waals surface area contributed by atoms with Gasteiger partial charge in [-0.3, -0.25) is 9.39 Å². The fourth-order valence-corrected chi connectivity index (χ4v) is 2.34. The average molecular weight is 346 g/mol. The SMILES string of the molecule is CCNC(=NCCOCCC(C)C)NCCc1nnc2ccccn12. The third kappa shape index (κ3) is 6.70. The maximum Gasteiger partial charge on any atom is 0.191 e. The number of rotatable bonds is 10. The molecule has 7 heteroatoms. The lowest BCUT2D eigenvalue weighted by Crippen LogP contribution is -2.38. The molecule has 0 fully saturated rings. The second-order valence-electron chi connectivity index (χ2n) is 6.28. The lowest BCUT2D eigenvalue weighted by molar-refractivity contribution is 0.130. The Labute approximate surface area is 149 Å². The van der Waals surface area contributed by atoms with E-state index in [4.69, 9.17) is 4.74 Å². The molecule has 0 radical (unpaired) electrons. The summed E-state index contributed by atoms with van der Waals surface area (Å²) in [5.74, 6) is 2.43. The van der Waals surface area contributed by atoms with Crippen molar-refractivity contribution in [1.29, 1.82) is 0 Å². The molecule has 2 N–H and O–H groups in total. The van der Waals surface area contributed by atoms with E-state index in [1.54, 1.807) is 0 Å². The van der Waals surface area contributed by atoms with Gasteiger partial charge in [-0.15, -0.1) is 10.2 Å². The van der Waals surface area contributed by atoms with Crippen molar-refractivity contribution in [2.45, 2.75) is 33.6 Å². The van der Waals surface area contributed by atoms with Crippen molar-refractivity contribution in [3.05, 3.63) is 30.2 Å². The van der Waals surface area contributed by atoms with Gasteiger partial charge in [-0.2, -0.15) is 0 Å². The Morgan fingerprint density at radius 2 is 2.12 bits per heavy atom. The van der Waals surface area contributed by atoms with E-state index in [9.17, 15) is 0 Å². The van der Waals surface area contributed by atoms with Gasteiger partial charge < -0.3 is 15.4 Å². The molecule has 2 aromatic heterocycles. The van der Waals surface area contributed by atoms with Crippen LogP contribution in [-0.2, 0) is 11.2 Å². The van der Waals surface area contributed by atoms with Crippen LogP contribution >= 0.6 is 0 Å². The molecule has 0 amide bonds. The predicted molar refractivity (Wildman–Crippen MR) is 101 cm³/mol. The molecule has 7 nitrogen and oxygen atoms in total. The van der Waals surface area contributed by atoms with Crippen molar-refractivity contribution in [1.82, 2.24) is 25.2 Å². The van der Waals surface area contributed by atoms with Crippen molar-refractivity contribution < 1.29 is 4.74 Å². The van der Waals surface area contributed by atoms with E-state index in [2.05, 4.69) is 46.6 Å². The maximum absolute atomic E-state index is 5.60. The Bertz CT molecular complexity index is 652. The molecule has 0 aliphatic heterocycles. The van der Waals surface area contributed by atoms with Crippen LogP contribution < -0.4 is 10.6 Å². The lowest BCUT2D eigenvalue weighted by Gasteiger charge is -2.11. The zero-order chi connectivity index (χ0) is 17.9. The predicted octanol–water partition coefficient (Wildman–Crippen LogP) is 1.89. The molecular weight excluding hydrogens is 316 g/mol. The quantitative estimate of drug-likeness (QED) is 0.390. The van der Waals surface area contributed by atoms with Gasteiger partial charge in [0.15, 0.2) is 11.6 Å². The minimum atomic E-state index is 0.651. The van der Waals surface area contributed by atoms with Crippen LogP contribution in [0.25, 0.3) is 5.65 Å². The highest BCUT2D eigenvalue weighted by atomic mass is 16.5. The average Bonchev–Trinajstić information content (AvgIpc) is 3.01. The molecule has 0 aromatic carbocycles. The zero-order valence-electron chi connectivity index (χ0n) is 15.5. The van der Waals surface area contributed by atoms with Crippen LogP contribution in [-0.4, -0.2) is 53.4 Å². The number of nitrogens with zero attached hydrogens (tertiary/aromatic N) is 4. The van der Waals surface area contributed by atoms with Crippen molar-refractivity contribution >= 4 is 11.6 Å². The molecule has 2 heterocycles. The Hall–Kier alpha value is -2.15. The van der Waals surface area contributed by atoms with Crippen LogP contribution in [0.3, 0.4) is 0 Å². The summed E-state index contributed by atoms with van der Waals surface area (Å²) in [6.07, 6.45) is 3.85. The molecule has 2 aromatic rings. The van der Waals surface area contributed by atoms with E-state index in [0.29, 0.717) is 19.1 Å². The second-order valence-corrected chi connectivity index (χ2v) is 6.28. The van der Waals surface area contributed by atoms with E-state index in [0.717, 1.165) is 50.0 Å². The molecule has 0 saturated heterocycles. The normalized spacial score (nSPS) is 12.1. The number of nitrogens with one attached hydrogen (secondary N) is 2. The van der Waals surface area contributed by atoms with E-state index in [1.165, 1.54) is 0 Å². The summed E-state index contributed by atoms with van der Waals surface area (Å²) in [6.45, 7) is 10.1. The monoisotopic (exact) mass is 346 g/mol. The Morgan fingerprint density at radius 3 is 2.92 bits per heavy atom. The first-order chi connectivity index (χ1) is 12.2. The second kappa shape index (κ2) is 10.7. The summed E-state index contributed by atoms with van der Waals surface area (Å²) in [5.41, 5.74) is 0.872. The van der Waals surface area contributed by atoms with Crippen molar-refractivity contribution in [3.8, 4) is 0 Å². The summed E-state index contributed by atoms with van der Waals surface area (Å²) in [6, 6.07) is 5.90. The molecule has 0 saturated carbocycles. The van der Waals surface area contributed by atoms with E-state index in [1.807, 2.05) is 28.8 Å². The number of aromatic nitrogens is 3. The van der Waals surface area contributed by atoms with Crippen LogP contribution in [0.2, 0.25) is 0 Å². The topological polar surface area (TPSA) is 75.8 Å². The highest BCUT2D eigenvalue weighted by Gasteiger charge is 2.04. The third-order valence-electron chi connectivity index (χ3n) is 3.71. The molecule has 0 bridgehead atoms. The van der Waals surface area contributed by atoms with Crippen molar-refractivity contribution in [2.24, 2.45) is 10.9 Å². The van der Waals surface area contributed by atoms with Gasteiger partial charge >= 0.3 is 0 Å². The Kier molecular flexibility index (Phi) is 8.18. The first-order valence-corrected chi connectivity index (χ1v) is 9.09. The molecule has 25 heavy (non-hydrogen) atoms. The number of pyridine rings is 1. The first-order valence-electron chi connectivity index (χ1n) is 9.09. The lowest BCUT2D eigenvalue weighted by atomic mass is 10.1. The van der Waals surface area contributed by atoms with E-state index < -0.39 is 0 Å². The fraction of sp³-hybridized carbons (Fsp3) is 0.611. The van der Waals surface area contributed by atoms with Crippen LogP contribution in [0, 0.1) is 5.92 Å². The third-order valence-corrected chi connectivity index (χ3v) is 3.71. The summed E-state index contributed by atoms with van der Waals surface area (Å²) in [7, 11) is 0. The summed E-state index contributed by atoms with van der Waals surface area (Å²) in [4.78, 5) is 4.54. The number of hydrogen-bond donors (Lipinski definition) is 2. The smallest absolute Gasteiger partial charge is 0.191 e. The van der Waals surface area contributed by atoms with Gasteiger partial charge in [0.1, 0.15) is 5.82 Å². The van der Waals surface area contributed by atoms with Gasteiger partial charge in [0.05, 0.1) is 13.2 Å². The largest absolute Gasteiger partial charge is 0.380 e. The van der Waals surface area contributed by atoms with Gasteiger partial charge in [0.25, 0.3) is 0 Å². The van der Waals surface area contributed by atoms with Gasteiger partial charge in [-0.05, 0) is 31.4 Å². The maximum atomic E-state index is 5.60. The highest BCUT2D eigenvalue weighted by molar-refractivity contribution is 5.79. The fourth-order valence-electron chi connectivity index (χ4n) is 2.34. The molecule has 0 unspecified atom stereocenters. The van der Waals surface area contributed by atoms with Gasteiger partial charge in [0.2, 0.25) is 0 Å². The standard InChI is InChI=1S/C18H30N6O/c1-4-19-18(21-11-14-25-13-9-15(2)3)20-10-8-17-23-22-16-7-5-6-12-24(16)17/h5-7,12,15H,4,8-11,13-14H2,1-3H3,(H2,19,20,21). The summed E-state index contributed by atoms with van der Waals surface area (Å²) in [5, 5.41) is 15.0. The molecule has 0 aliphatic rings. The van der Waals surface area contributed by atoms with Crippen molar-refractivity contribution in [2.75, 3.05) is 32.8 Å². The Balaban J connectivity index is 1.74. The number of aliphatic imine (C=N–C) groups is 1. The van der Waals surface area contributed by atoms with Crippen LogP contribution in [0.1, 0.15) is 33.0 Å². The number of ether oxygens (including phenoxy) is 1. The van der Waals surface area contributed by atoms with Crippen LogP contribution in [0.5, 0.6) is 0 Å². The summed E-state index contributed by atoms with van der Waals surface area (Å²) < 4.78 is 7.61. The first kappa shape index (κ1) is 19.2. The molecule has 0 spiro atoms. The summed E-state index contributed by atoms with van der Waals surface area (Å²) >= 11 is 0.